The van der Waals surface area contributed by atoms with Gasteiger partial charge in [0, 0.05) is 35.5 Å². The minimum atomic E-state index is 0.840. The van der Waals surface area contributed by atoms with Gasteiger partial charge in [0.15, 0.2) is 0 Å². The van der Waals surface area contributed by atoms with E-state index in [0.717, 1.165) is 34.5 Å². The molecular formula is C13H14BrN3. The van der Waals surface area contributed by atoms with Crippen molar-refractivity contribution in [1.29, 1.82) is 0 Å². The molecule has 0 amide bonds. The summed E-state index contributed by atoms with van der Waals surface area (Å²) in [5.74, 6) is 0.934. The number of pyridine rings is 2. The van der Waals surface area contributed by atoms with Crippen LogP contribution in [0.2, 0.25) is 0 Å². The number of nitrogens with one attached hydrogen (secondary N) is 1. The molecule has 2 aromatic heterocycles. The molecular weight excluding hydrogens is 278 g/mol. The summed E-state index contributed by atoms with van der Waals surface area (Å²) in [5.41, 5.74) is 2.23. The largest absolute Gasteiger partial charge is 0.369 e. The molecule has 0 saturated heterocycles. The minimum absolute atomic E-state index is 0.840. The van der Waals surface area contributed by atoms with Crippen molar-refractivity contribution < 1.29 is 0 Å². The summed E-state index contributed by atoms with van der Waals surface area (Å²) in [7, 11) is 0. The second kappa shape index (κ2) is 5.77. The van der Waals surface area contributed by atoms with Gasteiger partial charge in [-0.1, -0.05) is 6.07 Å². The molecule has 0 spiro atoms. The molecule has 0 aliphatic heterocycles. The van der Waals surface area contributed by atoms with Crippen LogP contribution in [-0.4, -0.2) is 16.5 Å². The monoisotopic (exact) mass is 291 g/mol. The van der Waals surface area contributed by atoms with Crippen molar-refractivity contribution in [1.82, 2.24) is 9.97 Å². The Kier molecular flexibility index (Phi) is 4.09. The lowest BCUT2D eigenvalue weighted by Crippen LogP contribution is -2.08. The zero-order valence-corrected chi connectivity index (χ0v) is 11.2. The summed E-state index contributed by atoms with van der Waals surface area (Å²) >= 11 is 3.40. The van der Waals surface area contributed by atoms with Crippen LogP contribution < -0.4 is 5.32 Å². The number of rotatable bonds is 4. The number of hydrogen-bond donors (Lipinski definition) is 1. The molecule has 2 aromatic rings. The predicted molar refractivity (Wildman–Crippen MR) is 73.1 cm³/mol. The van der Waals surface area contributed by atoms with Crippen LogP contribution in [-0.2, 0) is 6.42 Å². The molecule has 17 heavy (non-hydrogen) atoms. The van der Waals surface area contributed by atoms with Crippen LogP contribution in [0.5, 0.6) is 0 Å². The van der Waals surface area contributed by atoms with Gasteiger partial charge in [-0.15, -0.1) is 0 Å². The second-order valence-electron chi connectivity index (χ2n) is 3.82. The summed E-state index contributed by atoms with van der Waals surface area (Å²) in [5, 5.41) is 3.32. The molecule has 0 aliphatic rings. The van der Waals surface area contributed by atoms with Crippen molar-refractivity contribution in [3.63, 3.8) is 0 Å². The Hall–Kier alpha value is -1.42. The van der Waals surface area contributed by atoms with E-state index in [1.54, 1.807) is 6.20 Å². The third-order valence-electron chi connectivity index (χ3n) is 2.44. The number of nitrogens with zero attached hydrogens (tertiary/aromatic N) is 2. The summed E-state index contributed by atoms with van der Waals surface area (Å²) in [6.45, 7) is 2.88. The first-order valence-corrected chi connectivity index (χ1v) is 6.31. The quantitative estimate of drug-likeness (QED) is 0.940. The van der Waals surface area contributed by atoms with Crippen molar-refractivity contribution in [3.8, 4) is 0 Å². The molecule has 1 N–H and O–H groups in total. The molecule has 88 valence electrons. The maximum atomic E-state index is 4.33. The van der Waals surface area contributed by atoms with Gasteiger partial charge in [0.1, 0.15) is 5.82 Å². The van der Waals surface area contributed by atoms with Crippen LogP contribution in [0.4, 0.5) is 5.82 Å². The Morgan fingerprint density at radius 3 is 2.88 bits per heavy atom. The normalized spacial score (nSPS) is 10.2. The number of halogens is 1. The minimum Gasteiger partial charge on any atom is -0.369 e. The standard InChI is InChI=1S/C13H14BrN3/c1-10-8-11(14)9-17-13(10)16-7-5-12-4-2-3-6-15-12/h2-4,6,8-9H,5,7H2,1H3,(H,16,17). The average Bonchev–Trinajstić information content (AvgIpc) is 2.33. The first-order chi connectivity index (χ1) is 8.25. The third kappa shape index (κ3) is 3.53. The van der Waals surface area contributed by atoms with Crippen molar-refractivity contribution in [2.45, 2.75) is 13.3 Å². The number of aryl methyl sites for hydroxylation is 1. The van der Waals surface area contributed by atoms with Gasteiger partial charge in [-0.2, -0.15) is 0 Å². The maximum absolute atomic E-state index is 4.33. The molecule has 2 heterocycles. The van der Waals surface area contributed by atoms with Crippen LogP contribution in [0.25, 0.3) is 0 Å². The molecule has 2 rings (SSSR count). The lowest BCUT2D eigenvalue weighted by atomic mass is 10.2. The van der Waals surface area contributed by atoms with Gasteiger partial charge in [-0.25, -0.2) is 4.98 Å². The fourth-order valence-electron chi connectivity index (χ4n) is 1.58. The first kappa shape index (κ1) is 12.0. The van der Waals surface area contributed by atoms with E-state index >= 15 is 0 Å². The molecule has 0 atom stereocenters. The molecule has 4 heteroatoms. The first-order valence-electron chi connectivity index (χ1n) is 5.51. The van der Waals surface area contributed by atoms with Crippen LogP contribution in [0.1, 0.15) is 11.3 Å². The number of aromatic nitrogens is 2. The fourth-order valence-corrected chi connectivity index (χ4v) is 2.03. The topological polar surface area (TPSA) is 37.8 Å². The zero-order chi connectivity index (χ0) is 12.1. The van der Waals surface area contributed by atoms with Crippen LogP contribution in [0.15, 0.2) is 41.1 Å². The van der Waals surface area contributed by atoms with Crippen molar-refractivity contribution >= 4 is 21.7 Å². The molecule has 0 unspecified atom stereocenters. The summed E-state index contributed by atoms with van der Waals surface area (Å²) in [6.07, 6.45) is 4.52. The Balaban J connectivity index is 1.90. The van der Waals surface area contributed by atoms with Crippen molar-refractivity contribution in [2.75, 3.05) is 11.9 Å². The van der Waals surface area contributed by atoms with Gasteiger partial charge in [0.25, 0.3) is 0 Å². The Morgan fingerprint density at radius 2 is 2.18 bits per heavy atom. The van der Waals surface area contributed by atoms with Gasteiger partial charge >= 0.3 is 0 Å². The van der Waals surface area contributed by atoms with Crippen LogP contribution >= 0.6 is 15.9 Å². The van der Waals surface area contributed by atoms with Gasteiger partial charge in [-0.3, -0.25) is 4.98 Å². The Labute approximate surface area is 109 Å². The highest BCUT2D eigenvalue weighted by atomic mass is 79.9. The van der Waals surface area contributed by atoms with E-state index in [2.05, 4.69) is 37.3 Å². The highest BCUT2D eigenvalue weighted by molar-refractivity contribution is 9.10. The van der Waals surface area contributed by atoms with Gasteiger partial charge in [-0.05, 0) is 46.6 Å². The van der Waals surface area contributed by atoms with Gasteiger partial charge in [0.2, 0.25) is 0 Å². The van der Waals surface area contributed by atoms with Crippen molar-refractivity contribution in [3.05, 3.63) is 52.4 Å². The smallest absolute Gasteiger partial charge is 0.128 e. The average molecular weight is 292 g/mol. The number of anilines is 1. The predicted octanol–water partition coefficient (Wildman–Crippen LogP) is 3.20. The highest BCUT2D eigenvalue weighted by Gasteiger charge is 2.00. The second-order valence-corrected chi connectivity index (χ2v) is 4.73. The fraction of sp³-hybridized carbons (Fsp3) is 0.231. The summed E-state index contributed by atoms with van der Waals surface area (Å²) in [4.78, 5) is 8.61. The molecule has 0 saturated carbocycles. The summed E-state index contributed by atoms with van der Waals surface area (Å²) < 4.78 is 1.00. The molecule has 3 nitrogen and oxygen atoms in total. The SMILES string of the molecule is Cc1cc(Br)cnc1NCCc1ccccn1. The van der Waals surface area contributed by atoms with E-state index in [9.17, 15) is 0 Å². The van der Waals surface area contributed by atoms with Gasteiger partial charge < -0.3 is 5.32 Å². The summed E-state index contributed by atoms with van der Waals surface area (Å²) in [6, 6.07) is 8.02. The van der Waals surface area contributed by atoms with Gasteiger partial charge in [0.05, 0.1) is 0 Å². The molecule has 0 bridgehead atoms. The lowest BCUT2D eigenvalue weighted by molar-refractivity contribution is 0.951. The molecule has 0 fully saturated rings. The molecule has 0 aliphatic carbocycles. The van der Waals surface area contributed by atoms with E-state index in [1.165, 1.54) is 0 Å². The van der Waals surface area contributed by atoms with Crippen molar-refractivity contribution in [2.24, 2.45) is 0 Å². The van der Waals surface area contributed by atoms with Crippen LogP contribution in [0, 0.1) is 6.92 Å². The maximum Gasteiger partial charge on any atom is 0.128 e. The van der Waals surface area contributed by atoms with E-state index in [0.29, 0.717) is 0 Å². The zero-order valence-electron chi connectivity index (χ0n) is 9.65. The van der Waals surface area contributed by atoms with Crippen LogP contribution in [0.3, 0.4) is 0 Å². The van der Waals surface area contributed by atoms with E-state index in [1.807, 2.05) is 31.3 Å². The highest BCUT2D eigenvalue weighted by Crippen LogP contribution is 2.16. The number of hydrogen-bond acceptors (Lipinski definition) is 3. The molecule has 0 radical (unpaired) electrons. The lowest BCUT2D eigenvalue weighted by Gasteiger charge is -2.08. The molecule has 0 aromatic carbocycles. The third-order valence-corrected chi connectivity index (χ3v) is 2.88. The van der Waals surface area contributed by atoms with E-state index in [4.69, 9.17) is 0 Å². The van der Waals surface area contributed by atoms with E-state index in [-0.39, 0.29) is 0 Å². The Morgan fingerprint density at radius 1 is 1.29 bits per heavy atom. The van der Waals surface area contributed by atoms with E-state index < -0.39 is 0 Å². The Bertz CT molecular complexity index is 485.